The number of hydrogen-bond acceptors (Lipinski definition) is 5. The van der Waals surface area contributed by atoms with E-state index in [1.165, 1.54) is 12.1 Å². The van der Waals surface area contributed by atoms with Gasteiger partial charge >= 0.3 is 0 Å². The molecular formula is C33H43F2N3O4. The molecule has 2 aromatic rings. The van der Waals surface area contributed by atoms with Crippen molar-refractivity contribution in [2.75, 3.05) is 26.7 Å². The van der Waals surface area contributed by atoms with Crippen LogP contribution in [0, 0.1) is 23.0 Å². The monoisotopic (exact) mass is 583 g/mol. The highest BCUT2D eigenvalue weighted by atomic mass is 19.1. The third kappa shape index (κ3) is 8.04. The Morgan fingerprint density at radius 3 is 2.36 bits per heavy atom. The molecule has 2 aromatic carbocycles. The number of methoxy groups -OCH3 is 1. The van der Waals surface area contributed by atoms with E-state index in [1.807, 2.05) is 38.1 Å². The number of primary amides is 1. The van der Waals surface area contributed by atoms with Crippen LogP contribution in [0.5, 0.6) is 5.75 Å². The lowest BCUT2D eigenvalue weighted by Gasteiger charge is -2.42. The minimum absolute atomic E-state index is 0.0333. The number of carbonyl (C=O) groups excluding carboxylic acids is 2. The Morgan fingerprint density at radius 2 is 1.76 bits per heavy atom. The number of hydrogen-bond donors (Lipinski definition) is 3. The lowest BCUT2D eigenvalue weighted by molar-refractivity contribution is -0.132. The first-order chi connectivity index (χ1) is 20.0. The minimum atomic E-state index is -1.48. The van der Waals surface area contributed by atoms with Crippen molar-refractivity contribution in [2.24, 2.45) is 17.1 Å². The molecule has 1 aliphatic rings. The molecule has 3 atom stereocenters. The molecule has 1 aliphatic carbocycles. The largest absolute Gasteiger partial charge is 0.496 e. The summed E-state index contributed by atoms with van der Waals surface area (Å²) in [7, 11) is 1.57. The van der Waals surface area contributed by atoms with Crippen LogP contribution in [0.3, 0.4) is 0 Å². The fraction of sp³-hybridized carbons (Fsp3) is 0.455. The molecule has 0 saturated heterocycles. The van der Waals surface area contributed by atoms with Crippen LogP contribution < -0.4 is 15.8 Å². The summed E-state index contributed by atoms with van der Waals surface area (Å²) in [5, 5.41) is 14.9. The standard InChI is InChI=1S/C33H43F2N3O4/c1-5-11-38(12-6-2)31(40)25-13-22(3)18-33(19-25,32(36)41)28(16-23-14-26(34)17-27(35)15-23)29(39)21-37-20-24-9-7-8-10-30(24)42-4/h7-10,13-15,17-18,28-29,37,39H,5-6,11-12,16,19-21H2,1-4H3,(H2,36,41)/t28-,29+,33?/m1/s1. The molecular weight excluding hydrogens is 540 g/mol. The topological polar surface area (TPSA) is 105 Å². The molecule has 0 aliphatic heterocycles. The summed E-state index contributed by atoms with van der Waals surface area (Å²) in [5.74, 6) is -2.65. The van der Waals surface area contributed by atoms with E-state index in [2.05, 4.69) is 5.32 Å². The zero-order chi connectivity index (χ0) is 30.9. The van der Waals surface area contributed by atoms with Crippen molar-refractivity contribution >= 4 is 11.8 Å². The first-order valence-corrected chi connectivity index (χ1v) is 14.5. The van der Waals surface area contributed by atoms with Gasteiger partial charge in [-0.25, -0.2) is 8.78 Å². The predicted octanol–water partition coefficient (Wildman–Crippen LogP) is 4.68. The summed E-state index contributed by atoms with van der Waals surface area (Å²) < 4.78 is 33.8. The summed E-state index contributed by atoms with van der Waals surface area (Å²) >= 11 is 0. The molecule has 0 fully saturated rings. The fourth-order valence-electron chi connectivity index (χ4n) is 5.90. The second kappa shape index (κ2) is 15.1. The van der Waals surface area contributed by atoms with Gasteiger partial charge in [0.25, 0.3) is 0 Å². The van der Waals surface area contributed by atoms with Crippen molar-refractivity contribution in [2.45, 2.75) is 59.1 Å². The highest BCUT2D eigenvalue weighted by Crippen LogP contribution is 2.44. The average molecular weight is 584 g/mol. The van der Waals surface area contributed by atoms with E-state index in [0.29, 0.717) is 36.5 Å². The van der Waals surface area contributed by atoms with E-state index in [1.54, 1.807) is 31.1 Å². The molecule has 7 nitrogen and oxygen atoms in total. The van der Waals surface area contributed by atoms with Gasteiger partial charge in [-0.15, -0.1) is 0 Å². The Kier molecular flexibility index (Phi) is 11.8. The maximum absolute atomic E-state index is 14.2. The first kappa shape index (κ1) is 32.9. The van der Waals surface area contributed by atoms with Crippen molar-refractivity contribution in [3.05, 3.63) is 88.5 Å². The van der Waals surface area contributed by atoms with Crippen LogP contribution in [0.4, 0.5) is 8.78 Å². The molecule has 42 heavy (non-hydrogen) atoms. The van der Waals surface area contributed by atoms with Gasteiger partial charge in [-0.3, -0.25) is 9.59 Å². The highest BCUT2D eigenvalue weighted by Gasteiger charge is 2.48. The van der Waals surface area contributed by atoms with Gasteiger partial charge in [0.2, 0.25) is 11.8 Å². The molecule has 1 unspecified atom stereocenters. The average Bonchev–Trinajstić information content (AvgIpc) is 2.94. The second-order valence-electron chi connectivity index (χ2n) is 11.0. The number of nitrogens with one attached hydrogen (secondary N) is 1. The van der Waals surface area contributed by atoms with E-state index >= 15 is 0 Å². The highest BCUT2D eigenvalue weighted by molar-refractivity contribution is 5.97. The lowest BCUT2D eigenvalue weighted by atomic mass is 9.63. The number of carbonyl (C=O) groups is 2. The summed E-state index contributed by atoms with van der Waals surface area (Å²) in [6.45, 7) is 7.31. The Labute approximate surface area is 247 Å². The minimum Gasteiger partial charge on any atom is -0.496 e. The van der Waals surface area contributed by atoms with Crippen molar-refractivity contribution in [3.63, 3.8) is 0 Å². The number of halogens is 2. The van der Waals surface area contributed by atoms with Crippen LogP contribution in [0.2, 0.25) is 0 Å². The Balaban J connectivity index is 1.99. The van der Waals surface area contributed by atoms with E-state index < -0.39 is 35.0 Å². The van der Waals surface area contributed by atoms with Crippen molar-refractivity contribution in [3.8, 4) is 5.75 Å². The van der Waals surface area contributed by atoms with Gasteiger partial charge in [0.05, 0.1) is 18.6 Å². The van der Waals surface area contributed by atoms with Crippen LogP contribution in [-0.4, -0.2) is 54.7 Å². The fourth-order valence-corrected chi connectivity index (χ4v) is 5.90. The number of rotatable bonds is 15. The summed E-state index contributed by atoms with van der Waals surface area (Å²) in [5.41, 5.74) is 6.83. The quantitative estimate of drug-likeness (QED) is 0.283. The maximum atomic E-state index is 14.2. The number of aliphatic hydroxyl groups is 1. The zero-order valence-corrected chi connectivity index (χ0v) is 25.0. The molecule has 4 N–H and O–H groups in total. The number of ether oxygens (including phenoxy) is 1. The zero-order valence-electron chi connectivity index (χ0n) is 25.0. The van der Waals surface area contributed by atoms with Crippen molar-refractivity contribution in [1.29, 1.82) is 0 Å². The molecule has 9 heteroatoms. The summed E-state index contributed by atoms with van der Waals surface area (Å²) in [4.78, 5) is 28.8. The number of aliphatic hydroxyl groups excluding tert-OH is 1. The smallest absolute Gasteiger partial charge is 0.249 e. The Hall–Kier alpha value is -3.56. The molecule has 0 radical (unpaired) electrons. The SMILES string of the molecule is CCCN(CCC)C(=O)C1=CC(C)=CC(C(N)=O)([C@H](Cc2cc(F)cc(F)c2)[C@@H](O)CNCc2ccccc2OC)C1. The van der Waals surface area contributed by atoms with Crippen LogP contribution in [0.25, 0.3) is 0 Å². The van der Waals surface area contributed by atoms with Gasteiger partial charge in [0, 0.05) is 49.3 Å². The molecule has 0 bridgehead atoms. The second-order valence-corrected chi connectivity index (χ2v) is 11.0. The summed E-state index contributed by atoms with van der Waals surface area (Å²) in [6.07, 6.45) is 3.76. The number of nitrogens with two attached hydrogens (primary N) is 1. The lowest BCUT2D eigenvalue weighted by Crippen LogP contribution is -2.51. The van der Waals surface area contributed by atoms with Crippen LogP contribution in [-0.2, 0) is 22.6 Å². The van der Waals surface area contributed by atoms with Crippen LogP contribution in [0.1, 0.15) is 51.2 Å². The molecule has 0 aromatic heterocycles. The van der Waals surface area contributed by atoms with Gasteiger partial charge < -0.3 is 25.8 Å². The number of benzene rings is 2. The normalized spacial score (nSPS) is 18.1. The molecule has 0 saturated carbocycles. The third-order valence-electron chi connectivity index (χ3n) is 7.74. The number of nitrogens with zero attached hydrogens (tertiary/aromatic N) is 1. The van der Waals surface area contributed by atoms with Gasteiger partial charge in [0.15, 0.2) is 0 Å². The third-order valence-corrected chi connectivity index (χ3v) is 7.74. The van der Waals surface area contributed by atoms with Gasteiger partial charge in [-0.1, -0.05) is 49.8 Å². The van der Waals surface area contributed by atoms with E-state index in [9.17, 15) is 23.5 Å². The molecule has 3 rings (SSSR count). The number of allylic oxidation sites excluding steroid dienone is 2. The number of para-hydroxylation sites is 1. The van der Waals surface area contributed by atoms with Gasteiger partial charge in [-0.2, -0.15) is 0 Å². The predicted molar refractivity (Wildman–Crippen MR) is 160 cm³/mol. The molecule has 0 heterocycles. The van der Waals surface area contributed by atoms with Crippen LogP contribution in [0.15, 0.2) is 65.8 Å². The molecule has 2 amide bonds. The van der Waals surface area contributed by atoms with Crippen LogP contribution >= 0.6 is 0 Å². The summed E-state index contributed by atoms with van der Waals surface area (Å²) in [6, 6.07) is 10.6. The number of amides is 2. The van der Waals surface area contributed by atoms with Gasteiger partial charge in [0.1, 0.15) is 17.4 Å². The van der Waals surface area contributed by atoms with Crippen molar-refractivity contribution in [1.82, 2.24) is 10.2 Å². The van der Waals surface area contributed by atoms with E-state index in [0.717, 1.165) is 24.5 Å². The maximum Gasteiger partial charge on any atom is 0.249 e. The van der Waals surface area contributed by atoms with E-state index in [-0.39, 0.29) is 30.9 Å². The van der Waals surface area contributed by atoms with Crippen molar-refractivity contribution < 1.29 is 28.2 Å². The first-order valence-electron chi connectivity index (χ1n) is 14.5. The van der Waals surface area contributed by atoms with Gasteiger partial charge in [-0.05, 0) is 56.4 Å². The Bertz CT molecular complexity index is 1290. The Morgan fingerprint density at radius 1 is 1.12 bits per heavy atom. The van der Waals surface area contributed by atoms with E-state index in [4.69, 9.17) is 10.5 Å². The molecule has 0 spiro atoms. The molecule has 228 valence electrons.